The van der Waals surface area contributed by atoms with E-state index in [-0.39, 0.29) is 18.4 Å². The maximum atomic E-state index is 12.5. The maximum absolute atomic E-state index is 12.5. The van der Waals surface area contributed by atoms with Crippen molar-refractivity contribution in [3.63, 3.8) is 0 Å². The Bertz CT molecular complexity index is 716. The third-order valence-corrected chi connectivity index (χ3v) is 4.53. The van der Waals surface area contributed by atoms with E-state index in [0.717, 1.165) is 15.7 Å². The second-order valence-electron chi connectivity index (χ2n) is 5.33. The summed E-state index contributed by atoms with van der Waals surface area (Å²) in [6.07, 6.45) is 0. The molecule has 0 heterocycles. The molecule has 0 fully saturated rings. The minimum Gasteiger partial charge on any atom is -0.314 e. The lowest BCUT2D eigenvalue weighted by Gasteiger charge is -2.25. The fourth-order valence-electron chi connectivity index (χ4n) is 2.22. The van der Waals surface area contributed by atoms with E-state index in [2.05, 4.69) is 15.9 Å². The van der Waals surface area contributed by atoms with Gasteiger partial charge in [-0.1, -0.05) is 34.1 Å². The predicted octanol–water partition coefficient (Wildman–Crippen LogP) is 3.77. The van der Waals surface area contributed by atoms with Crippen molar-refractivity contribution in [2.24, 2.45) is 0 Å². The Morgan fingerprint density at radius 1 is 1.04 bits per heavy atom. The lowest BCUT2D eigenvalue weighted by molar-refractivity contribution is -0.121. The van der Waals surface area contributed by atoms with E-state index in [9.17, 15) is 9.59 Å². The van der Waals surface area contributed by atoms with E-state index < -0.39 is 0 Å². The summed E-state index contributed by atoms with van der Waals surface area (Å²) in [5, 5.41) is 0. The molecule has 0 N–H and O–H groups in total. The molecule has 23 heavy (non-hydrogen) atoms. The second-order valence-corrected chi connectivity index (χ2v) is 6.18. The summed E-state index contributed by atoms with van der Waals surface area (Å²) in [4.78, 5) is 27.5. The van der Waals surface area contributed by atoms with Crippen LogP contribution in [0.3, 0.4) is 0 Å². The van der Waals surface area contributed by atoms with Gasteiger partial charge in [-0.3, -0.25) is 9.59 Å². The van der Waals surface area contributed by atoms with Gasteiger partial charge in [0.15, 0.2) is 0 Å². The van der Waals surface area contributed by atoms with E-state index in [4.69, 9.17) is 0 Å². The fraction of sp³-hybridized carbons (Fsp3) is 0.222. The zero-order chi connectivity index (χ0) is 17.0. The number of benzene rings is 2. The molecule has 0 atom stereocenters. The van der Waals surface area contributed by atoms with Gasteiger partial charge in [-0.2, -0.15) is 0 Å². The molecular weight excluding hydrogens is 356 g/mol. The van der Waals surface area contributed by atoms with Gasteiger partial charge in [0.1, 0.15) is 6.54 Å². The van der Waals surface area contributed by atoms with Crippen LogP contribution in [0.2, 0.25) is 0 Å². The number of hydrogen-bond donors (Lipinski definition) is 0. The summed E-state index contributed by atoms with van der Waals surface area (Å²) in [6.45, 7) is 3.42. The van der Waals surface area contributed by atoms with Crippen LogP contribution in [0, 0.1) is 6.92 Å². The van der Waals surface area contributed by atoms with Crippen molar-refractivity contribution in [3.05, 3.63) is 58.6 Å². The zero-order valence-electron chi connectivity index (χ0n) is 13.4. The minimum absolute atomic E-state index is 0.00179. The highest BCUT2D eigenvalue weighted by atomic mass is 79.9. The number of amides is 2. The van der Waals surface area contributed by atoms with Gasteiger partial charge in [0.05, 0.1) is 0 Å². The third kappa shape index (κ3) is 4.20. The van der Waals surface area contributed by atoms with Gasteiger partial charge in [0, 0.05) is 29.8 Å². The number of aryl methyl sites for hydroxylation is 1. The van der Waals surface area contributed by atoms with Gasteiger partial charge in [-0.15, -0.1) is 0 Å². The van der Waals surface area contributed by atoms with Gasteiger partial charge in [0.25, 0.3) is 0 Å². The lowest BCUT2D eigenvalue weighted by atomic mass is 10.2. The monoisotopic (exact) mass is 374 g/mol. The molecular formula is C18H19BrN2O2. The zero-order valence-corrected chi connectivity index (χ0v) is 15.0. The Balaban J connectivity index is 2.21. The van der Waals surface area contributed by atoms with Crippen molar-refractivity contribution in [2.45, 2.75) is 13.8 Å². The van der Waals surface area contributed by atoms with E-state index in [1.807, 2.05) is 55.5 Å². The molecule has 2 rings (SSSR count). The average molecular weight is 375 g/mol. The number of rotatable bonds is 4. The number of carbonyl (C=O) groups is 2. The maximum Gasteiger partial charge on any atom is 0.246 e. The van der Waals surface area contributed by atoms with Crippen LogP contribution >= 0.6 is 15.9 Å². The van der Waals surface area contributed by atoms with Crippen LogP contribution in [-0.4, -0.2) is 25.4 Å². The molecule has 5 heteroatoms. The summed E-state index contributed by atoms with van der Waals surface area (Å²) >= 11 is 3.44. The van der Waals surface area contributed by atoms with E-state index in [1.54, 1.807) is 11.9 Å². The largest absolute Gasteiger partial charge is 0.314 e. The van der Waals surface area contributed by atoms with Crippen LogP contribution in [0.4, 0.5) is 11.4 Å². The Labute approximate surface area is 144 Å². The summed E-state index contributed by atoms with van der Waals surface area (Å²) in [7, 11) is 1.71. The van der Waals surface area contributed by atoms with Gasteiger partial charge in [0.2, 0.25) is 11.8 Å². The van der Waals surface area contributed by atoms with Crippen molar-refractivity contribution in [3.8, 4) is 0 Å². The highest BCUT2D eigenvalue weighted by Crippen LogP contribution is 2.23. The summed E-state index contributed by atoms with van der Waals surface area (Å²) in [5.74, 6) is -0.312. The molecule has 2 amide bonds. The standard InChI is InChI=1S/C18H19BrN2O2/c1-13-11-16(9-10-17(13)19)21(14(2)22)12-18(23)20(3)15-7-5-4-6-8-15/h4-11H,12H2,1-3H3. The molecule has 0 aliphatic heterocycles. The first-order valence-electron chi connectivity index (χ1n) is 7.26. The number of halogens is 1. The quantitative estimate of drug-likeness (QED) is 0.816. The summed E-state index contributed by atoms with van der Waals surface area (Å²) in [5.41, 5.74) is 2.53. The smallest absolute Gasteiger partial charge is 0.246 e. The van der Waals surface area contributed by atoms with Crippen LogP contribution in [0.15, 0.2) is 53.0 Å². The van der Waals surface area contributed by atoms with Crippen LogP contribution in [0.5, 0.6) is 0 Å². The molecule has 0 saturated carbocycles. The first kappa shape index (κ1) is 17.2. The van der Waals surface area contributed by atoms with E-state index in [0.29, 0.717) is 5.69 Å². The van der Waals surface area contributed by atoms with Crippen molar-refractivity contribution >= 4 is 39.1 Å². The van der Waals surface area contributed by atoms with Crippen molar-refractivity contribution in [1.29, 1.82) is 0 Å². The van der Waals surface area contributed by atoms with Crippen LogP contribution in [0.1, 0.15) is 12.5 Å². The summed E-state index contributed by atoms with van der Waals surface area (Å²) < 4.78 is 0.970. The Kier molecular flexibility index (Phi) is 5.55. The topological polar surface area (TPSA) is 40.6 Å². The molecule has 0 bridgehead atoms. The third-order valence-electron chi connectivity index (χ3n) is 3.64. The molecule has 0 aliphatic rings. The number of para-hydroxylation sites is 1. The molecule has 0 unspecified atom stereocenters. The Morgan fingerprint density at radius 2 is 1.70 bits per heavy atom. The SMILES string of the molecule is CC(=O)N(CC(=O)N(C)c1ccccc1)c1ccc(Br)c(C)c1. The average Bonchev–Trinajstić information content (AvgIpc) is 2.55. The van der Waals surface area contributed by atoms with Crippen molar-refractivity contribution in [1.82, 2.24) is 0 Å². The van der Waals surface area contributed by atoms with Crippen LogP contribution in [-0.2, 0) is 9.59 Å². The molecule has 0 aromatic heterocycles. The first-order valence-corrected chi connectivity index (χ1v) is 8.05. The number of likely N-dealkylation sites (N-methyl/N-ethyl adjacent to an activating group) is 1. The number of anilines is 2. The second kappa shape index (κ2) is 7.42. The highest BCUT2D eigenvalue weighted by Gasteiger charge is 2.19. The number of carbonyl (C=O) groups excluding carboxylic acids is 2. The first-order chi connectivity index (χ1) is 10.9. The van der Waals surface area contributed by atoms with Crippen LogP contribution in [0.25, 0.3) is 0 Å². The molecule has 2 aromatic carbocycles. The molecule has 4 nitrogen and oxygen atoms in total. The van der Waals surface area contributed by atoms with Crippen molar-refractivity contribution in [2.75, 3.05) is 23.4 Å². The molecule has 0 saturated heterocycles. The molecule has 0 radical (unpaired) electrons. The normalized spacial score (nSPS) is 10.3. The number of nitrogens with zero attached hydrogens (tertiary/aromatic N) is 2. The highest BCUT2D eigenvalue weighted by molar-refractivity contribution is 9.10. The molecule has 0 aliphatic carbocycles. The van der Waals surface area contributed by atoms with E-state index >= 15 is 0 Å². The molecule has 2 aromatic rings. The van der Waals surface area contributed by atoms with Crippen LogP contribution < -0.4 is 9.80 Å². The predicted molar refractivity (Wildman–Crippen MR) is 96.8 cm³/mol. The van der Waals surface area contributed by atoms with E-state index in [1.165, 1.54) is 11.8 Å². The lowest BCUT2D eigenvalue weighted by Crippen LogP contribution is -2.40. The van der Waals surface area contributed by atoms with Gasteiger partial charge >= 0.3 is 0 Å². The van der Waals surface area contributed by atoms with Gasteiger partial charge < -0.3 is 9.80 Å². The molecule has 0 spiro atoms. The Hall–Kier alpha value is -2.14. The minimum atomic E-state index is -0.165. The van der Waals surface area contributed by atoms with Gasteiger partial charge in [-0.25, -0.2) is 0 Å². The molecule has 120 valence electrons. The Morgan fingerprint density at radius 3 is 2.26 bits per heavy atom. The van der Waals surface area contributed by atoms with Gasteiger partial charge in [-0.05, 0) is 42.8 Å². The summed E-state index contributed by atoms with van der Waals surface area (Å²) in [6, 6.07) is 15.0. The number of hydrogen-bond acceptors (Lipinski definition) is 2. The van der Waals surface area contributed by atoms with Crippen molar-refractivity contribution < 1.29 is 9.59 Å². The fourth-order valence-corrected chi connectivity index (χ4v) is 2.46.